The van der Waals surface area contributed by atoms with E-state index in [1.54, 1.807) is 7.05 Å². The quantitative estimate of drug-likeness (QED) is 0.705. The van der Waals surface area contributed by atoms with Gasteiger partial charge in [0.1, 0.15) is 6.54 Å². The molecule has 4 amide bonds. The van der Waals surface area contributed by atoms with Crippen LogP contribution in [0.25, 0.3) is 0 Å². The highest BCUT2D eigenvalue weighted by molar-refractivity contribution is 7.99. The topological polar surface area (TPSA) is 73.0 Å². The zero-order valence-corrected chi connectivity index (χ0v) is 17.4. The van der Waals surface area contributed by atoms with Crippen molar-refractivity contribution in [2.75, 3.05) is 50.0 Å². The van der Waals surface area contributed by atoms with E-state index in [0.29, 0.717) is 6.42 Å². The molecule has 0 bridgehead atoms. The van der Waals surface area contributed by atoms with Crippen molar-refractivity contribution in [1.29, 1.82) is 0 Å². The predicted octanol–water partition coefficient (Wildman–Crippen LogP) is 2.16. The number of aryl methyl sites for hydroxylation is 1. The molecule has 1 aromatic rings. The lowest BCUT2D eigenvalue weighted by atomic mass is 10.1. The summed E-state index contributed by atoms with van der Waals surface area (Å²) in [6, 6.07) is 5.88. The lowest BCUT2D eigenvalue weighted by Crippen LogP contribution is -2.33. The summed E-state index contributed by atoms with van der Waals surface area (Å²) in [4.78, 5) is 40.9. The van der Waals surface area contributed by atoms with Crippen molar-refractivity contribution in [3.63, 3.8) is 0 Å². The number of carbonyl (C=O) groups excluding carboxylic acids is 3. The number of thioether (sulfide) groups is 1. The summed E-state index contributed by atoms with van der Waals surface area (Å²) in [5, 5.41) is 2.94. The van der Waals surface area contributed by atoms with E-state index in [2.05, 4.69) is 22.3 Å². The van der Waals surface area contributed by atoms with E-state index in [9.17, 15) is 14.4 Å². The Labute approximate surface area is 170 Å². The fraction of sp³-hybridized carbons (Fsp3) is 0.550. The number of hydrogen-bond acceptors (Lipinski definition) is 5. The van der Waals surface area contributed by atoms with Crippen molar-refractivity contribution in [2.24, 2.45) is 0 Å². The SMILES string of the molecule is Cc1cc(CN2CCSCC2)ccc1NC(=O)CCCN1C(=O)CN(C)C1=O. The predicted molar refractivity (Wildman–Crippen MR) is 111 cm³/mol. The van der Waals surface area contributed by atoms with Gasteiger partial charge in [-0.3, -0.25) is 19.4 Å². The van der Waals surface area contributed by atoms with Gasteiger partial charge in [-0.05, 0) is 30.5 Å². The Morgan fingerprint density at radius 2 is 1.96 bits per heavy atom. The van der Waals surface area contributed by atoms with Gasteiger partial charge in [0, 0.05) is 56.8 Å². The van der Waals surface area contributed by atoms with Gasteiger partial charge in [-0.25, -0.2) is 4.79 Å². The van der Waals surface area contributed by atoms with Crippen molar-refractivity contribution < 1.29 is 14.4 Å². The highest BCUT2D eigenvalue weighted by Crippen LogP contribution is 2.20. The van der Waals surface area contributed by atoms with Gasteiger partial charge in [0.2, 0.25) is 11.8 Å². The lowest BCUT2D eigenvalue weighted by Gasteiger charge is -2.26. The summed E-state index contributed by atoms with van der Waals surface area (Å²) in [7, 11) is 1.60. The molecule has 152 valence electrons. The smallest absolute Gasteiger partial charge is 0.326 e. The molecule has 0 unspecified atom stereocenters. The van der Waals surface area contributed by atoms with Crippen LogP contribution in [0.15, 0.2) is 18.2 Å². The normalized spacial score (nSPS) is 18.1. The van der Waals surface area contributed by atoms with Gasteiger partial charge in [-0.1, -0.05) is 12.1 Å². The Bertz CT molecular complexity index is 749. The minimum Gasteiger partial charge on any atom is -0.326 e. The zero-order valence-electron chi connectivity index (χ0n) is 16.6. The van der Waals surface area contributed by atoms with Crippen LogP contribution in [0.2, 0.25) is 0 Å². The van der Waals surface area contributed by atoms with Crippen LogP contribution in [-0.2, 0) is 16.1 Å². The zero-order chi connectivity index (χ0) is 20.1. The second kappa shape index (κ2) is 9.43. The first-order valence-electron chi connectivity index (χ1n) is 9.69. The maximum absolute atomic E-state index is 12.2. The van der Waals surface area contributed by atoms with Crippen LogP contribution in [0.4, 0.5) is 10.5 Å². The number of nitrogens with one attached hydrogen (secondary N) is 1. The van der Waals surface area contributed by atoms with Gasteiger partial charge >= 0.3 is 6.03 Å². The molecule has 2 aliphatic heterocycles. The van der Waals surface area contributed by atoms with Gasteiger partial charge in [0.25, 0.3) is 0 Å². The Morgan fingerprint density at radius 1 is 1.21 bits per heavy atom. The van der Waals surface area contributed by atoms with E-state index in [1.165, 1.54) is 26.9 Å². The van der Waals surface area contributed by atoms with Crippen molar-refractivity contribution in [2.45, 2.75) is 26.3 Å². The first kappa shape index (κ1) is 20.7. The van der Waals surface area contributed by atoms with E-state index in [4.69, 9.17) is 0 Å². The number of likely N-dealkylation sites (N-methyl/N-ethyl adjacent to an activating group) is 1. The molecule has 0 spiro atoms. The average molecular weight is 405 g/mol. The number of hydrogen-bond donors (Lipinski definition) is 1. The highest BCUT2D eigenvalue weighted by atomic mass is 32.2. The number of amides is 4. The van der Waals surface area contributed by atoms with Gasteiger partial charge in [0.15, 0.2) is 0 Å². The molecule has 0 aliphatic carbocycles. The summed E-state index contributed by atoms with van der Waals surface area (Å²) < 4.78 is 0. The molecular formula is C20H28N4O3S. The number of nitrogens with zero attached hydrogens (tertiary/aromatic N) is 3. The van der Waals surface area contributed by atoms with Crippen LogP contribution in [0.1, 0.15) is 24.0 Å². The van der Waals surface area contributed by atoms with Gasteiger partial charge in [-0.15, -0.1) is 0 Å². The summed E-state index contributed by atoms with van der Waals surface area (Å²) >= 11 is 2.00. The monoisotopic (exact) mass is 404 g/mol. The standard InChI is InChI=1S/C20H28N4O3S/c1-15-12-16(13-23-8-10-28-11-9-23)5-6-17(15)21-18(25)4-3-7-24-19(26)14-22(2)20(24)27/h5-6,12H,3-4,7-11,13-14H2,1-2H3,(H,21,25). The van der Waals surface area contributed by atoms with E-state index in [0.717, 1.165) is 30.9 Å². The van der Waals surface area contributed by atoms with Crippen LogP contribution < -0.4 is 5.32 Å². The molecule has 0 aromatic heterocycles. The molecule has 2 heterocycles. The molecule has 1 N–H and O–H groups in total. The second-order valence-corrected chi connectivity index (χ2v) is 8.60. The van der Waals surface area contributed by atoms with Crippen LogP contribution in [0.3, 0.4) is 0 Å². The Morgan fingerprint density at radius 3 is 2.61 bits per heavy atom. The maximum Gasteiger partial charge on any atom is 0.326 e. The minimum atomic E-state index is -0.288. The summed E-state index contributed by atoms with van der Waals surface area (Å²) in [6.45, 7) is 5.60. The lowest BCUT2D eigenvalue weighted by molar-refractivity contribution is -0.125. The molecule has 0 atom stereocenters. The molecule has 2 saturated heterocycles. The van der Waals surface area contributed by atoms with Crippen molar-refractivity contribution in [3.05, 3.63) is 29.3 Å². The number of rotatable bonds is 7. The number of anilines is 1. The molecule has 8 heteroatoms. The van der Waals surface area contributed by atoms with Crippen LogP contribution in [0.5, 0.6) is 0 Å². The van der Waals surface area contributed by atoms with Crippen LogP contribution in [-0.4, -0.2) is 77.3 Å². The highest BCUT2D eigenvalue weighted by Gasteiger charge is 2.32. The summed E-state index contributed by atoms with van der Waals surface area (Å²) in [5.74, 6) is 2.08. The van der Waals surface area contributed by atoms with E-state index >= 15 is 0 Å². The molecule has 1 aromatic carbocycles. The second-order valence-electron chi connectivity index (χ2n) is 7.37. The third-order valence-corrected chi connectivity index (χ3v) is 6.03. The van der Waals surface area contributed by atoms with Crippen molar-refractivity contribution in [1.82, 2.24) is 14.7 Å². The number of imide groups is 1. The minimum absolute atomic E-state index is 0.101. The average Bonchev–Trinajstić information content (AvgIpc) is 2.91. The Kier molecular flexibility index (Phi) is 6.96. The molecule has 3 rings (SSSR count). The molecule has 0 radical (unpaired) electrons. The molecule has 2 fully saturated rings. The Balaban J connectivity index is 1.46. The Hall–Kier alpha value is -2.06. The van der Waals surface area contributed by atoms with E-state index in [-0.39, 0.29) is 37.4 Å². The van der Waals surface area contributed by atoms with Gasteiger partial charge < -0.3 is 10.2 Å². The molecule has 0 saturated carbocycles. The number of urea groups is 1. The largest absolute Gasteiger partial charge is 0.326 e. The van der Waals surface area contributed by atoms with Crippen molar-refractivity contribution in [3.8, 4) is 0 Å². The van der Waals surface area contributed by atoms with Crippen LogP contribution in [0, 0.1) is 6.92 Å². The molecule has 28 heavy (non-hydrogen) atoms. The third kappa shape index (κ3) is 5.26. The van der Waals surface area contributed by atoms with Gasteiger partial charge in [0.05, 0.1) is 0 Å². The molecular weight excluding hydrogens is 376 g/mol. The molecule has 7 nitrogen and oxygen atoms in total. The first-order chi connectivity index (χ1) is 13.4. The number of carbonyl (C=O) groups is 3. The van der Waals surface area contributed by atoms with E-state index < -0.39 is 0 Å². The van der Waals surface area contributed by atoms with Gasteiger partial charge in [-0.2, -0.15) is 11.8 Å². The third-order valence-electron chi connectivity index (χ3n) is 5.09. The number of benzene rings is 1. The van der Waals surface area contributed by atoms with Crippen molar-refractivity contribution >= 4 is 35.3 Å². The molecule has 2 aliphatic rings. The maximum atomic E-state index is 12.2. The van der Waals surface area contributed by atoms with Crippen LogP contribution >= 0.6 is 11.8 Å². The summed E-state index contributed by atoms with van der Waals surface area (Å²) in [5.41, 5.74) is 3.12. The van der Waals surface area contributed by atoms with E-state index in [1.807, 2.05) is 24.8 Å². The fourth-order valence-electron chi connectivity index (χ4n) is 3.48. The fourth-order valence-corrected chi connectivity index (χ4v) is 4.46. The first-order valence-corrected chi connectivity index (χ1v) is 10.8. The summed E-state index contributed by atoms with van der Waals surface area (Å²) in [6.07, 6.45) is 0.731.